The Morgan fingerprint density at radius 2 is 1.90 bits per heavy atom. The second-order valence-corrected chi connectivity index (χ2v) is 11.2. The standard InChI is InChI=1S/C30H22Cl3N3O4/c1-38-29(37)18-9-17(12-35-13-18)22-11-30(22,15-34)21-8-7-19(10-25(21)33)39-14-20-27(36-40-28(20)16-5-6-16)26-23(31)3-2-4-24(26)32/h2-4,7-10,12-13,16,22H,5-6,11,14H2,1H3. The molecule has 2 unspecified atom stereocenters. The van der Waals surface area contributed by atoms with Gasteiger partial charge in [0.25, 0.3) is 0 Å². The molecule has 2 atom stereocenters. The third-order valence-corrected chi connectivity index (χ3v) is 8.46. The summed E-state index contributed by atoms with van der Waals surface area (Å²) in [6.07, 6.45) is 5.71. The van der Waals surface area contributed by atoms with E-state index in [4.69, 9.17) is 48.8 Å². The first-order chi connectivity index (χ1) is 19.4. The Bertz CT molecular complexity index is 1660. The fraction of sp³-hybridized carbons (Fsp3) is 0.267. The number of methoxy groups -OCH3 is 1. The number of rotatable bonds is 8. The second-order valence-electron chi connectivity index (χ2n) is 10.0. The molecule has 7 nitrogen and oxygen atoms in total. The molecule has 10 heteroatoms. The van der Waals surface area contributed by atoms with Gasteiger partial charge in [-0.15, -0.1) is 0 Å². The van der Waals surface area contributed by atoms with E-state index in [0.717, 1.165) is 29.7 Å². The molecule has 2 aliphatic rings. The summed E-state index contributed by atoms with van der Waals surface area (Å²) >= 11 is 19.7. The van der Waals surface area contributed by atoms with Crippen LogP contribution in [-0.4, -0.2) is 23.2 Å². The van der Waals surface area contributed by atoms with Gasteiger partial charge in [0.1, 0.15) is 23.8 Å². The number of hydrogen-bond donors (Lipinski definition) is 0. The molecule has 0 amide bonds. The molecule has 2 saturated carbocycles. The Labute approximate surface area is 245 Å². The van der Waals surface area contributed by atoms with E-state index in [-0.39, 0.29) is 12.5 Å². The van der Waals surface area contributed by atoms with Crippen LogP contribution in [0.5, 0.6) is 5.75 Å². The number of aromatic nitrogens is 2. The van der Waals surface area contributed by atoms with Gasteiger partial charge in [0.2, 0.25) is 0 Å². The lowest BCUT2D eigenvalue weighted by Crippen LogP contribution is -2.09. The quantitative estimate of drug-likeness (QED) is 0.191. The topological polar surface area (TPSA) is 98.2 Å². The summed E-state index contributed by atoms with van der Waals surface area (Å²) in [6.45, 7) is 0.180. The summed E-state index contributed by atoms with van der Waals surface area (Å²) in [5.74, 6) is 0.976. The van der Waals surface area contributed by atoms with Crippen molar-refractivity contribution in [3.05, 3.63) is 97.9 Å². The zero-order valence-electron chi connectivity index (χ0n) is 21.3. The van der Waals surface area contributed by atoms with Crippen LogP contribution in [0.3, 0.4) is 0 Å². The highest BCUT2D eigenvalue weighted by Gasteiger charge is 2.58. The number of ether oxygens (including phenoxy) is 2. The van der Waals surface area contributed by atoms with Crippen LogP contribution in [-0.2, 0) is 16.8 Å². The maximum Gasteiger partial charge on any atom is 0.339 e. The second kappa shape index (κ2) is 10.4. The monoisotopic (exact) mass is 593 g/mol. The number of benzene rings is 2. The number of carbonyl (C=O) groups excluding carboxylic acids is 1. The summed E-state index contributed by atoms with van der Waals surface area (Å²) < 4.78 is 16.7. The Hall–Kier alpha value is -3.57. The number of nitrogens with zero attached hydrogens (tertiary/aromatic N) is 3. The Morgan fingerprint density at radius 1 is 1.12 bits per heavy atom. The molecule has 0 aliphatic heterocycles. The minimum Gasteiger partial charge on any atom is -0.489 e. The van der Waals surface area contributed by atoms with Crippen molar-refractivity contribution in [1.29, 1.82) is 5.26 Å². The van der Waals surface area contributed by atoms with Crippen molar-refractivity contribution in [1.82, 2.24) is 10.1 Å². The molecule has 2 heterocycles. The first kappa shape index (κ1) is 26.6. The van der Waals surface area contributed by atoms with E-state index < -0.39 is 11.4 Å². The van der Waals surface area contributed by atoms with Gasteiger partial charge in [-0.1, -0.05) is 52.1 Å². The van der Waals surface area contributed by atoms with Crippen LogP contribution < -0.4 is 4.74 Å². The minimum absolute atomic E-state index is 0.153. The van der Waals surface area contributed by atoms with Crippen molar-refractivity contribution >= 4 is 40.8 Å². The number of nitriles is 1. The molecule has 0 spiro atoms. The number of hydrogen-bond acceptors (Lipinski definition) is 7. The summed E-state index contributed by atoms with van der Waals surface area (Å²) in [7, 11) is 1.32. The summed E-state index contributed by atoms with van der Waals surface area (Å²) in [5.41, 5.74) is 2.96. The van der Waals surface area contributed by atoms with E-state index in [1.807, 2.05) is 6.07 Å². The molecular formula is C30H22Cl3N3O4. The molecule has 0 bridgehead atoms. The van der Waals surface area contributed by atoms with Crippen LogP contribution in [0.15, 0.2) is 59.4 Å². The highest BCUT2D eigenvalue weighted by molar-refractivity contribution is 6.39. The molecule has 202 valence electrons. The normalized spacial score (nSPS) is 19.6. The number of halogens is 3. The molecule has 2 aromatic carbocycles. The van der Waals surface area contributed by atoms with E-state index in [0.29, 0.717) is 55.5 Å². The highest BCUT2D eigenvalue weighted by atomic mass is 35.5. The van der Waals surface area contributed by atoms with E-state index in [1.165, 1.54) is 13.3 Å². The zero-order chi connectivity index (χ0) is 28.0. The van der Waals surface area contributed by atoms with Crippen molar-refractivity contribution in [3.63, 3.8) is 0 Å². The number of carbonyl (C=O) groups is 1. The molecular weight excluding hydrogens is 573 g/mol. The van der Waals surface area contributed by atoms with Crippen molar-refractivity contribution < 1.29 is 18.8 Å². The number of pyridine rings is 1. The van der Waals surface area contributed by atoms with Crippen molar-refractivity contribution in [2.75, 3.05) is 7.11 Å². The van der Waals surface area contributed by atoms with E-state index in [2.05, 4.69) is 16.2 Å². The Balaban J connectivity index is 1.25. The average Bonchev–Trinajstić information content (AvgIpc) is 3.89. The van der Waals surface area contributed by atoms with Crippen molar-refractivity contribution in [2.24, 2.45) is 0 Å². The van der Waals surface area contributed by atoms with Gasteiger partial charge in [-0.3, -0.25) is 4.98 Å². The van der Waals surface area contributed by atoms with Gasteiger partial charge in [-0.05, 0) is 60.7 Å². The molecule has 2 aliphatic carbocycles. The largest absolute Gasteiger partial charge is 0.489 e. The third kappa shape index (κ3) is 4.71. The summed E-state index contributed by atoms with van der Waals surface area (Å²) in [6, 6.07) is 14.8. The lowest BCUT2D eigenvalue weighted by molar-refractivity contribution is 0.0600. The van der Waals surface area contributed by atoms with Crippen LogP contribution in [0.1, 0.15) is 63.9 Å². The van der Waals surface area contributed by atoms with Gasteiger partial charge in [-0.25, -0.2) is 4.79 Å². The van der Waals surface area contributed by atoms with Gasteiger partial charge < -0.3 is 14.0 Å². The van der Waals surface area contributed by atoms with Crippen LogP contribution in [0, 0.1) is 11.3 Å². The first-order valence-electron chi connectivity index (χ1n) is 12.7. The first-order valence-corrected chi connectivity index (χ1v) is 13.8. The Kier molecular flexibility index (Phi) is 6.95. The van der Waals surface area contributed by atoms with Gasteiger partial charge in [-0.2, -0.15) is 5.26 Å². The summed E-state index contributed by atoms with van der Waals surface area (Å²) in [5, 5.41) is 15.8. The maximum atomic E-state index is 12.0. The highest BCUT2D eigenvalue weighted by Crippen LogP contribution is 2.61. The molecule has 0 N–H and O–H groups in total. The number of esters is 1. The molecule has 2 fully saturated rings. The third-order valence-electron chi connectivity index (χ3n) is 7.51. The molecule has 0 saturated heterocycles. The summed E-state index contributed by atoms with van der Waals surface area (Å²) in [4.78, 5) is 16.1. The fourth-order valence-corrected chi connectivity index (χ4v) is 6.09. The lowest BCUT2D eigenvalue weighted by atomic mass is 9.92. The fourth-order valence-electron chi connectivity index (χ4n) is 5.18. The van der Waals surface area contributed by atoms with Crippen LogP contribution in [0.25, 0.3) is 11.3 Å². The maximum absolute atomic E-state index is 12.0. The predicted molar refractivity (Wildman–Crippen MR) is 150 cm³/mol. The molecule has 2 aromatic heterocycles. The van der Waals surface area contributed by atoms with E-state index in [1.54, 1.807) is 42.6 Å². The SMILES string of the molecule is COC(=O)c1cncc(C2CC2(C#N)c2ccc(OCc3c(-c4c(Cl)cccc4Cl)noc3C3CC3)cc2Cl)c1. The van der Waals surface area contributed by atoms with Crippen LogP contribution in [0.2, 0.25) is 15.1 Å². The average molecular weight is 595 g/mol. The van der Waals surface area contributed by atoms with Crippen molar-refractivity contribution in [2.45, 2.75) is 43.1 Å². The van der Waals surface area contributed by atoms with E-state index >= 15 is 0 Å². The zero-order valence-corrected chi connectivity index (χ0v) is 23.6. The van der Waals surface area contributed by atoms with Crippen LogP contribution in [0.4, 0.5) is 0 Å². The van der Waals surface area contributed by atoms with Gasteiger partial charge in [0.15, 0.2) is 0 Å². The minimum atomic E-state index is -0.826. The molecule has 4 aromatic rings. The van der Waals surface area contributed by atoms with Crippen molar-refractivity contribution in [3.8, 4) is 23.1 Å². The smallest absolute Gasteiger partial charge is 0.339 e. The van der Waals surface area contributed by atoms with Gasteiger partial charge in [0.05, 0.1) is 39.8 Å². The molecule has 40 heavy (non-hydrogen) atoms. The van der Waals surface area contributed by atoms with E-state index in [9.17, 15) is 10.1 Å². The Morgan fingerprint density at radius 3 is 2.58 bits per heavy atom. The predicted octanol–water partition coefficient (Wildman–Crippen LogP) is 7.89. The lowest BCUT2D eigenvalue weighted by Gasteiger charge is -2.14. The molecule has 0 radical (unpaired) electrons. The van der Waals surface area contributed by atoms with Gasteiger partial charge >= 0.3 is 5.97 Å². The van der Waals surface area contributed by atoms with Crippen LogP contribution >= 0.6 is 34.8 Å². The molecule has 6 rings (SSSR count). The van der Waals surface area contributed by atoms with Gasteiger partial charge in [0, 0.05) is 34.8 Å².